The first-order valence-corrected chi connectivity index (χ1v) is 11.6. The third kappa shape index (κ3) is 3.80. The molecule has 3 heterocycles. The number of allylic oxidation sites excluding steroid dienone is 1. The van der Waals surface area contributed by atoms with Crippen LogP contribution in [0.1, 0.15) is 44.6 Å². The highest BCUT2D eigenvalue weighted by molar-refractivity contribution is 6.30. The number of amides is 1. The van der Waals surface area contributed by atoms with Crippen LogP contribution in [0.5, 0.6) is 0 Å². The molecule has 35 heavy (non-hydrogen) atoms. The van der Waals surface area contributed by atoms with Crippen molar-refractivity contribution in [2.75, 3.05) is 18.4 Å². The fraction of sp³-hybridized carbons (Fsp3) is 0.591. The van der Waals surface area contributed by atoms with Crippen LogP contribution in [0.25, 0.3) is 0 Å². The van der Waals surface area contributed by atoms with Gasteiger partial charge < -0.3 is 10.1 Å². The number of halogens is 7. The molecule has 190 valence electrons. The number of carbonyl (C=O) groups excluding carboxylic acids is 1. The van der Waals surface area contributed by atoms with E-state index in [0.29, 0.717) is 36.1 Å². The van der Waals surface area contributed by atoms with E-state index in [1.807, 2.05) is 0 Å². The van der Waals surface area contributed by atoms with Gasteiger partial charge in [-0.2, -0.15) is 26.3 Å². The molecular weight excluding hydrogens is 502 g/mol. The van der Waals surface area contributed by atoms with Crippen molar-refractivity contribution in [3.05, 3.63) is 40.0 Å². The van der Waals surface area contributed by atoms with Gasteiger partial charge in [0.1, 0.15) is 22.0 Å². The van der Waals surface area contributed by atoms with Gasteiger partial charge in [0.05, 0.1) is 31.3 Å². The van der Waals surface area contributed by atoms with Gasteiger partial charge in [-0.25, -0.2) is 19.2 Å². The lowest BCUT2D eigenvalue weighted by Crippen LogP contribution is -2.66. The molecule has 1 spiro atoms. The van der Waals surface area contributed by atoms with Crippen molar-refractivity contribution in [3.63, 3.8) is 0 Å². The zero-order valence-corrected chi connectivity index (χ0v) is 19.3. The number of aromatic nitrogens is 2. The number of hydrogen-bond donors (Lipinski definition) is 1. The number of nitrogens with zero attached hydrogens (tertiary/aromatic N) is 3. The van der Waals surface area contributed by atoms with Crippen LogP contribution in [-0.4, -0.2) is 51.3 Å². The van der Waals surface area contributed by atoms with Gasteiger partial charge >= 0.3 is 18.3 Å². The first-order valence-electron chi connectivity index (χ1n) is 11.2. The lowest BCUT2D eigenvalue weighted by molar-refractivity contribution is -0.882. The maximum atomic E-state index is 13.7. The normalized spacial score (nSPS) is 30.6. The molecule has 2 bridgehead atoms. The molecule has 5 rings (SSSR count). The first-order chi connectivity index (χ1) is 16.3. The van der Waals surface area contributed by atoms with Gasteiger partial charge in [0, 0.05) is 25.0 Å². The Morgan fingerprint density at radius 1 is 1.17 bits per heavy atom. The summed E-state index contributed by atoms with van der Waals surface area (Å²) in [6, 6.07) is 0. The lowest BCUT2D eigenvalue weighted by atomic mass is 9.73. The molecule has 13 heteroatoms. The van der Waals surface area contributed by atoms with Gasteiger partial charge in [0.2, 0.25) is 5.95 Å². The molecule has 1 aromatic heterocycles. The third-order valence-electron chi connectivity index (χ3n) is 7.69. The van der Waals surface area contributed by atoms with Crippen LogP contribution >= 0.6 is 11.6 Å². The van der Waals surface area contributed by atoms with Crippen molar-refractivity contribution in [2.24, 2.45) is 5.92 Å². The average molecular weight is 524 g/mol. The molecule has 1 amide bonds. The lowest BCUT2D eigenvalue weighted by Gasteiger charge is -2.46. The topological polar surface area (TPSA) is 64.1 Å². The Morgan fingerprint density at radius 2 is 1.83 bits per heavy atom. The minimum atomic E-state index is -4.98. The molecule has 0 aromatic carbocycles. The first kappa shape index (κ1) is 24.4. The minimum Gasteiger partial charge on any atom is -0.492 e. The van der Waals surface area contributed by atoms with Crippen molar-refractivity contribution < 1.29 is 40.4 Å². The molecule has 1 N–H and O–H groups in total. The van der Waals surface area contributed by atoms with Gasteiger partial charge in [-0.3, -0.25) is 0 Å². The molecule has 4 aliphatic rings. The third-order valence-corrected chi connectivity index (χ3v) is 7.98. The van der Waals surface area contributed by atoms with E-state index in [1.165, 1.54) is 0 Å². The number of nitrogens with one attached hydrogen (secondary N) is 1. The molecule has 1 aromatic rings. The van der Waals surface area contributed by atoms with Gasteiger partial charge in [-0.15, -0.1) is 0 Å². The number of anilines is 1. The van der Waals surface area contributed by atoms with E-state index in [2.05, 4.69) is 15.3 Å². The summed E-state index contributed by atoms with van der Waals surface area (Å²) in [5.41, 5.74) is -1.35. The fourth-order valence-corrected chi connectivity index (χ4v) is 6.28. The molecule has 0 radical (unpaired) electrons. The van der Waals surface area contributed by atoms with Crippen molar-refractivity contribution in [1.29, 1.82) is 0 Å². The van der Waals surface area contributed by atoms with Gasteiger partial charge in [0.25, 0.3) is 0 Å². The second-order valence-corrected chi connectivity index (χ2v) is 9.95. The number of quaternary nitrogens is 1. The number of rotatable bonds is 4. The highest BCUT2D eigenvalue weighted by atomic mass is 35.5. The standard InChI is InChI=1S/C22H22ClF6N4O2/c1-11-8-15(31-19-30-10-14(17(23)32-19)21(24,25)26)16(35-13-2-3-13)9-20(11)12-4-6-33(20,7-5-12)18(34)22(27,28)29/h8,10,12-13H,2-7,9H2,1H3,(H,30,31,32)/q+1. The Morgan fingerprint density at radius 3 is 2.37 bits per heavy atom. The summed E-state index contributed by atoms with van der Waals surface area (Å²) in [5.74, 6) is -1.73. The molecule has 2 aliphatic carbocycles. The summed E-state index contributed by atoms with van der Waals surface area (Å²) in [6.07, 6.45) is -5.03. The van der Waals surface area contributed by atoms with Crippen LogP contribution < -0.4 is 5.32 Å². The molecule has 1 unspecified atom stereocenters. The van der Waals surface area contributed by atoms with E-state index in [-0.39, 0.29) is 37.5 Å². The molecule has 1 saturated carbocycles. The zero-order valence-electron chi connectivity index (χ0n) is 18.6. The molecule has 1 atom stereocenters. The summed E-state index contributed by atoms with van der Waals surface area (Å²) < 4.78 is 85.5. The predicted molar refractivity (Wildman–Crippen MR) is 112 cm³/mol. The van der Waals surface area contributed by atoms with E-state index in [0.717, 1.165) is 12.8 Å². The Labute approximate surface area is 201 Å². The largest absolute Gasteiger partial charge is 0.509 e. The van der Waals surface area contributed by atoms with Crippen LogP contribution in [0, 0.1) is 5.92 Å². The van der Waals surface area contributed by atoms with Crippen molar-refractivity contribution in [1.82, 2.24) is 9.97 Å². The Balaban J connectivity index is 1.53. The second kappa shape index (κ2) is 7.83. The van der Waals surface area contributed by atoms with Crippen molar-refractivity contribution >= 4 is 23.5 Å². The number of hydrogen-bond acceptors (Lipinski definition) is 5. The zero-order chi connectivity index (χ0) is 25.4. The van der Waals surface area contributed by atoms with E-state index >= 15 is 0 Å². The van der Waals surface area contributed by atoms with Crippen LogP contribution in [-0.2, 0) is 15.7 Å². The predicted octanol–water partition coefficient (Wildman–Crippen LogP) is 5.37. The summed E-state index contributed by atoms with van der Waals surface area (Å²) in [7, 11) is 0. The van der Waals surface area contributed by atoms with Crippen molar-refractivity contribution in [3.8, 4) is 0 Å². The van der Waals surface area contributed by atoms with Crippen LogP contribution in [0.15, 0.2) is 29.3 Å². The molecule has 2 aliphatic heterocycles. The average Bonchev–Trinajstić information content (AvgIpc) is 3.46. The molecule has 6 nitrogen and oxygen atoms in total. The van der Waals surface area contributed by atoms with Gasteiger partial charge in [-0.05, 0) is 31.4 Å². The number of ether oxygens (including phenoxy) is 1. The monoisotopic (exact) mass is 523 g/mol. The molecular formula is C22H22ClF6N4O2+. The highest BCUT2D eigenvalue weighted by Gasteiger charge is 2.74. The number of carbonyl (C=O) groups is 1. The smallest absolute Gasteiger partial charge is 0.492 e. The van der Waals surface area contributed by atoms with Gasteiger partial charge in [-0.1, -0.05) is 11.6 Å². The summed E-state index contributed by atoms with van der Waals surface area (Å²) >= 11 is 5.71. The van der Waals surface area contributed by atoms with Gasteiger partial charge in [0.15, 0.2) is 0 Å². The minimum absolute atomic E-state index is 0.0645. The van der Waals surface area contributed by atoms with Crippen LogP contribution in [0.3, 0.4) is 0 Å². The maximum Gasteiger partial charge on any atom is 0.509 e. The second-order valence-electron chi connectivity index (χ2n) is 9.60. The summed E-state index contributed by atoms with van der Waals surface area (Å²) in [4.78, 5) is 20.1. The number of piperidine rings is 1. The number of alkyl halides is 6. The summed E-state index contributed by atoms with van der Waals surface area (Å²) in [5, 5.41) is 2.05. The van der Waals surface area contributed by atoms with E-state index in [4.69, 9.17) is 16.3 Å². The quantitative estimate of drug-likeness (QED) is 0.327. The Hall–Kier alpha value is -2.34. The van der Waals surface area contributed by atoms with Crippen LogP contribution in [0.2, 0.25) is 5.15 Å². The van der Waals surface area contributed by atoms with Crippen LogP contribution in [0.4, 0.5) is 32.3 Å². The SMILES string of the molecule is CC1=CC(Nc2ncc(C(F)(F)F)c(Cl)n2)=C(OC2CC2)CC12C1CC[N+]2(C(=O)C(F)(F)F)CC1. The van der Waals surface area contributed by atoms with E-state index < -0.39 is 39.0 Å². The molecule has 2 saturated heterocycles. The fourth-order valence-electron chi connectivity index (χ4n) is 6.05. The highest BCUT2D eigenvalue weighted by Crippen LogP contribution is 2.59. The van der Waals surface area contributed by atoms with E-state index in [9.17, 15) is 31.1 Å². The molecule has 3 fully saturated rings. The summed E-state index contributed by atoms with van der Waals surface area (Å²) in [6.45, 7) is 1.90. The Kier molecular flexibility index (Phi) is 5.45. The van der Waals surface area contributed by atoms with Crippen molar-refractivity contribution in [2.45, 2.75) is 63.0 Å². The Bertz CT molecular complexity index is 1140. The van der Waals surface area contributed by atoms with E-state index in [1.54, 1.807) is 13.0 Å². The maximum absolute atomic E-state index is 13.7.